The molecule has 0 saturated heterocycles. The van der Waals surface area contributed by atoms with Gasteiger partial charge < -0.3 is 14.0 Å². The van der Waals surface area contributed by atoms with E-state index in [2.05, 4.69) is 112 Å². The fourth-order valence-electron chi connectivity index (χ4n) is 4.36. The zero-order chi connectivity index (χ0) is 23.2. The first-order valence-electron chi connectivity index (χ1n) is 12.5. The van der Waals surface area contributed by atoms with Crippen molar-refractivity contribution >= 4 is 10.9 Å². The molecule has 0 amide bonds. The first kappa shape index (κ1) is 24.3. The number of nitrogens with zero attached hydrogens (tertiary/aromatic N) is 4. The average molecular weight is 437 g/mol. The van der Waals surface area contributed by atoms with Crippen LogP contribution in [0.15, 0.2) is 60.8 Å². The lowest BCUT2D eigenvalue weighted by molar-refractivity contribution is -0.906. The first-order valence-corrected chi connectivity index (χ1v) is 12.5. The van der Waals surface area contributed by atoms with E-state index in [4.69, 9.17) is 0 Å². The van der Waals surface area contributed by atoms with E-state index in [0.717, 1.165) is 35.1 Å². The summed E-state index contributed by atoms with van der Waals surface area (Å²) < 4.78 is 4.66. The van der Waals surface area contributed by atoms with Crippen molar-refractivity contribution in [3.8, 4) is 11.1 Å². The number of likely N-dealkylation sites (N-methyl/N-ethyl adjacent to an activating group) is 2. The number of hydrogen-bond acceptors (Lipinski definition) is 1. The quantitative estimate of drug-likeness (QED) is 0.353. The molecule has 0 atom stereocenters. The van der Waals surface area contributed by atoms with Gasteiger partial charge in [-0.1, -0.05) is 48.5 Å². The zero-order valence-electron chi connectivity index (χ0n) is 21.2. The Morgan fingerprint density at radius 2 is 1.19 bits per heavy atom. The number of para-hydroxylation sites is 1. The van der Waals surface area contributed by atoms with E-state index in [0.29, 0.717) is 0 Å². The Hall–Kier alpha value is -2.30. The van der Waals surface area contributed by atoms with E-state index < -0.39 is 0 Å². The standard InChI is InChI=1S/C28H44N4/c1-7-31(5,8-2)22-20-29(21-23-32(6,9-3)10-4)30-24-27(25-16-12-11-13-17-25)26-18-14-15-19-28(26)30/h11-19,24H,7-10,20-23H2,1-6H3/q+2. The molecule has 4 nitrogen and oxygen atoms in total. The minimum atomic E-state index is 1.05. The smallest absolute Gasteiger partial charge is 0.0979 e. The third kappa shape index (κ3) is 5.36. The van der Waals surface area contributed by atoms with Crippen molar-refractivity contribution in [2.75, 3.05) is 71.5 Å². The second-order valence-corrected chi connectivity index (χ2v) is 9.68. The molecule has 0 unspecified atom stereocenters. The maximum atomic E-state index is 2.60. The largest absolute Gasteiger partial charge is 0.325 e. The fraction of sp³-hybridized carbons (Fsp3) is 0.500. The van der Waals surface area contributed by atoms with Crippen molar-refractivity contribution < 1.29 is 8.97 Å². The van der Waals surface area contributed by atoms with E-state index in [-0.39, 0.29) is 0 Å². The summed E-state index contributed by atoms with van der Waals surface area (Å²) in [6.07, 6.45) is 2.37. The van der Waals surface area contributed by atoms with E-state index in [1.54, 1.807) is 0 Å². The molecule has 0 radical (unpaired) electrons. The number of rotatable bonds is 12. The van der Waals surface area contributed by atoms with Gasteiger partial charge in [0, 0.05) is 17.1 Å². The van der Waals surface area contributed by atoms with Gasteiger partial charge in [-0.25, -0.2) is 0 Å². The van der Waals surface area contributed by atoms with Crippen LogP contribution in [0.25, 0.3) is 22.0 Å². The van der Waals surface area contributed by atoms with Gasteiger partial charge in [-0.05, 0) is 39.3 Å². The molecule has 0 aliphatic heterocycles. The number of hydrogen-bond donors (Lipinski definition) is 0. The second-order valence-electron chi connectivity index (χ2n) is 9.68. The molecule has 1 aromatic heterocycles. The average Bonchev–Trinajstić information content (AvgIpc) is 3.24. The molecule has 0 fully saturated rings. The van der Waals surface area contributed by atoms with Crippen molar-refractivity contribution in [2.45, 2.75) is 27.7 Å². The third-order valence-corrected chi connectivity index (χ3v) is 7.93. The van der Waals surface area contributed by atoms with Crippen LogP contribution in [-0.2, 0) is 0 Å². The van der Waals surface area contributed by atoms with Crippen molar-refractivity contribution in [1.82, 2.24) is 4.68 Å². The molecular weight excluding hydrogens is 392 g/mol. The van der Waals surface area contributed by atoms with Gasteiger partial charge >= 0.3 is 0 Å². The van der Waals surface area contributed by atoms with E-state index in [9.17, 15) is 0 Å². The minimum Gasteiger partial charge on any atom is -0.325 e. The number of benzene rings is 2. The highest BCUT2D eigenvalue weighted by Crippen LogP contribution is 2.30. The predicted molar refractivity (Wildman–Crippen MR) is 140 cm³/mol. The molecule has 32 heavy (non-hydrogen) atoms. The number of aromatic nitrogens is 1. The van der Waals surface area contributed by atoms with Gasteiger partial charge in [-0.3, -0.25) is 4.68 Å². The Kier molecular flexibility index (Phi) is 8.02. The summed E-state index contributed by atoms with van der Waals surface area (Å²) in [5.74, 6) is 0. The highest BCUT2D eigenvalue weighted by molar-refractivity contribution is 5.96. The molecule has 4 heteroatoms. The Labute approximate surface area is 195 Å². The lowest BCUT2D eigenvalue weighted by Gasteiger charge is -2.38. The SMILES string of the molecule is CC[N+](C)(CC)CCN(CC[N+](C)(CC)CC)n1cc(-c2ccccc2)c2ccccc21. The molecule has 3 aromatic rings. The monoisotopic (exact) mass is 436 g/mol. The summed E-state index contributed by atoms with van der Waals surface area (Å²) in [4.78, 5) is 0. The normalized spacial score (nSPS) is 12.4. The van der Waals surface area contributed by atoms with Crippen molar-refractivity contribution in [1.29, 1.82) is 0 Å². The molecular formula is C28H44N4+2. The molecule has 0 bridgehead atoms. The molecule has 0 aliphatic carbocycles. The van der Waals surface area contributed by atoms with Crippen LogP contribution in [0.2, 0.25) is 0 Å². The summed E-state index contributed by atoms with van der Waals surface area (Å²) >= 11 is 0. The van der Waals surface area contributed by atoms with Crippen LogP contribution in [0.5, 0.6) is 0 Å². The molecule has 2 aromatic carbocycles. The Morgan fingerprint density at radius 3 is 1.72 bits per heavy atom. The van der Waals surface area contributed by atoms with Crippen LogP contribution in [0.4, 0.5) is 0 Å². The summed E-state index contributed by atoms with van der Waals surface area (Å²) in [6.45, 7) is 18.4. The highest BCUT2D eigenvalue weighted by Gasteiger charge is 2.23. The van der Waals surface area contributed by atoms with Crippen LogP contribution in [0.3, 0.4) is 0 Å². The fourth-order valence-corrected chi connectivity index (χ4v) is 4.36. The lowest BCUT2D eigenvalue weighted by Crippen LogP contribution is -2.54. The molecule has 0 saturated carbocycles. The van der Waals surface area contributed by atoms with Gasteiger partial charge in [0.2, 0.25) is 0 Å². The van der Waals surface area contributed by atoms with Crippen molar-refractivity contribution in [2.24, 2.45) is 0 Å². The van der Waals surface area contributed by atoms with Gasteiger partial charge in [0.15, 0.2) is 0 Å². The van der Waals surface area contributed by atoms with E-state index in [1.807, 2.05) is 0 Å². The van der Waals surface area contributed by atoms with Crippen molar-refractivity contribution in [3.63, 3.8) is 0 Å². The Balaban J connectivity index is 2.01. The van der Waals surface area contributed by atoms with Gasteiger partial charge in [0.25, 0.3) is 0 Å². The van der Waals surface area contributed by atoms with Crippen molar-refractivity contribution in [3.05, 3.63) is 60.8 Å². The topological polar surface area (TPSA) is 8.17 Å². The molecule has 174 valence electrons. The maximum absolute atomic E-state index is 2.60. The van der Waals surface area contributed by atoms with Gasteiger partial charge in [0.1, 0.15) is 0 Å². The minimum absolute atomic E-state index is 1.05. The van der Waals surface area contributed by atoms with Gasteiger partial charge in [-0.2, -0.15) is 0 Å². The van der Waals surface area contributed by atoms with Crippen LogP contribution < -0.4 is 5.01 Å². The Morgan fingerprint density at radius 1 is 0.688 bits per heavy atom. The summed E-state index contributed by atoms with van der Waals surface area (Å²) in [6, 6.07) is 19.7. The molecule has 1 heterocycles. The lowest BCUT2D eigenvalue weighted by atomic mass is 10.1. The van der Waals surface area contributed by atoms with E-state index in [1.165, 1.54) is 48.2 Å². The summed E-state index contributed by atoms with van der Waals surface area (Å²) in [5, 5.41) is 3.92. The summed E-state index contributed by atoms with van der Waals surface area (Å²) in [7, 11) is 4.78. The van der Waals surface area contributed by atoms with Crippen LogP contribution in [0.1, 0.15) is 27.7 Å². The number of quaternary nitrogens is 2. The molecule has 0 spiro atoms. The first-order chi connectivity index (χ1) is 15.4. The second kappa shape index (κ2) is 10.5. The third-order valence-electron chi connectivity index (χ3n) is 7.93. The maximum Gasteiger partial charge on any atom is 0.0979 e. The van der Waals surface area contributed by atoms with Gasteiger partial charge in [-0.15, -0.1) is 0 Å². The molecule has 0 N–H and O–H groups in total. The van der Waals surface area contributed by atoms with Crippen LogP contribution in [0, 0.1) is 0 Å². The van der Waals surface area contributed by atoms with E-state index >= 15 is 0 Å². The summed E-state index contributed by atoms with van der Waals surface area (Å²) in [5.41, 5.74) is 3.90. The van der Waals surface area contributed by atoms with Crippen LogP contribution in [-0.4, -0.2) is 80.1 Å². The van der Waals surface area contributed by atoms with Crippen LogP contribution >= 0.6 is 0 Å². The zero-order valence-corrected chi connectivity index (χ0v) is 21.2. The Bertz CT molecular complexity index is 946. The van der Waals surface area contributed by atoms with Gasteiger partial charge in [0.05, 0.1) is 72.0 Å². The molecule has 3 rings (SSSR count). The molecule has 0 aliphatic rings. The highest BCUT2D eigenvalue weighted by atomic mass is 15.6. The predicted octanol–water partition coefficient (Wildman–Crippen LogP) is 5.22. The number of fused-ring (bicyclic) bond motifs is 1.